The Bertz CT molecular complexity index is 778. The highest BCUT2D eigenvalue weighted by atomic mass is 32.2. The van der Waals surface area contributed by atoms with Gasteiger partial charge in [0.15, 0.2) is 0 Å². The second-order valence-corrected chi connectivity index (χ2v) is 6.71. The van der Waals surface area contributed by atoms with Gasteiger partial charge < -0.3 is 15.4 Å². The fourth-order valence-electron chi connectivity index (χ4n) is 2.81. The van der Waals surface area contributed by atoms with Gasteiger partial charge in [-0.15, -0.1) is 0 Å². The molecule has 1 fully saturated rings. The van der Waals surface area contributed by atoms with E-state index in [2.05, 4.69) is 9.88 Å². The van der Waals surface area contributed by atoms with Crippen molar-refractivity contribution in [1.29, 1.82) is 5.41 Å². The standard InChI is InChI=1S/C18H21FN4OS/c1-25-11-13-8-14(16(20)10-15(13)19)18(21)12-2-3-22-17(9-12)23-4-6-24-7-5-23/h2-3,8-10,21H,4-7,11,20H2,1H3. The minimum atomic E-state index is -0.327. The number of pyridine rings is 1. The molecule has 0 saturated carbocycles. The Morgan fingerprint density at radius 1 is 1.36 bits per heavy atom. The highest BCUT2D eigenvalue weighted by Crippen LogP contribution is 2.25. The quantitative estimate of drug-likeness (QED) is 0.633. The summed E-state index contributed by atoms with van der Waals surface area (Å²) in [6.07, 6.45) is 3.61. The normalized spacial score (nSPS) is 14.6. The summed E-state index contributed by atoms with van der Waals surface area (Å²) < 4.78 is 19.4. The molecule has 5 nitrogen and oxygen atoms in total. The molecule has 1 aromatic heterocycles. The molecule has 2 heterocycles. The van der Waals surface area contributed by atoms with E-state index in [4.69, 9.17) is 15.9 Å². The third kappa shape index (κ3) is 3.93. The maximum Gasteiger partial charge on any atom is 0.129 e. The SMILES string of the molecule is CSCc1cc(C(=N)c2ccnc(N3CCOCC3)c2)c(N)cc1F. The molecule has 132 valence electrons. The van der Waals surface area contributed by atoms with Crippen LogP contribution < -0.4 is 10.6 Å². The van der Waals surface area contributed by atoms with Crippen LogP contribution in [0.25, 0.3) is 0 Å². The summed E-state index contributed by atoms with van der Waals surface area (Å²) >= 11 is 1.53. The second kappa shape index (κ2) is 7.84. The van der Waals surface area contributed by atoms with Crippen LogP contribution in [-0.4, -0.2) is 43.3 Å². The third-order valence-electron chi connectivity index (χ3n) is 4.16. The zero-order valence-corrected chi connectivity index (χ0v) is 14.9. The molecule has 1 aliphatic rings. The molecule has 0 amide bonds. The van der Waals surface area contributed by atoms with Crippen molar-refractivity contribution in [2.75, 3.05) is 43.2 Å². The lowest BCUT2D eigenvalue weighted by Gasteiger charge is -2.28. The molecule has 0 bridgehead atoms. The van der Waals surface area contributed by atoms with Crippen LogP contribution in [0.15, 0.2) is 30.5 Å². The van der Waals surface area contributed by atoms with Gasteiger partial charge in [0, 0.05) is 41.9 Å². The maximum absolute atomic E-state index is 14.0. The van der Waals surface area contributed by atoms with Crippen LogP contribution >= 0.6 is 11.8 Å². The van der Waals surface area contributed by atoms with Gasteiger partial charge in [0.05, 0.1) is 18.9 Å². The smallest absolute Gasteiger partial charge is 0.129 e. The Hall–Kier alpha value is -2.12. The molecular formula is C18H21FN4OS. The first kappa shape index (κ1) is 17.7. The highest BCUT2D eigenvalue weighted by molar-refractivity contribution is 7.97. The summed E-state index contributed by atoms with van der Waals surface area (Å²) in [6.45, 7) is 2.90. The van der Waals surface area contributed by atoms with Gasteiger partial charge in [0.25, 0.3) is 0 Å². The fourth-order valence-corrected chi connectivity index (χ4v) is 3.34. The number of ether oxygens (including phenoxy) is 1. The summed E-state index contributed by atoms with van der Waals surface area (Å²) in [5.41, 5.74) is 8.34. The van der Waals surface area contributed by atoms with Crippen molar-refractivity contribution < 1.29 is 9.13 Å². The van der Waals surface area contributed by atoms with Gasteiger partial charge in [-0.1, -0.05) is 0 Å². The molecule has 0 atom stereocenters. The van der Waals surface area contributed by atoms with Gasteiger partial charge in [-0.25, -0.2) is 9.37 Å². The van der Waals surface area contributed by atoms with Gasteiger partial charge in [-0.3, -0.25) is 5.41 Å². The van der Waals surface area contributed by atoms with Gasteiger partial charge in [0.2, 0.25) is 0 Å². The predicted octanol–water partition coefficient (Wildman–Crippen LogP) is 2.92. The van der Waals surface area contributed by atoms with Crippen LogP contribution in [0, 0.1) is 11.2 Å². The first-order chi connectivity index (χ1) is 12.1. The molecule has 0 radical (unpaired) electrons. The summed E-state index contributed by atoms with van der Waals surface area (Å²) in [4.78, 5) is 6.53. The molecule has 1 aromatic carbocycles. The average Bonchev–Trinajstić information content (AvgIpc) is 2.64. The monoisotopic (exact) mass is 360 g/mol. The average molecular weight is 360 g/mol. The number of aromatic nitrogens is 1. The number of thioether (sulfide) groups is 1. The van der Waals surface area contributed by atoms with Crippen molar-refractivity contribution in [3.05, 3.63) is 53.0 Å². The molecule has 2 aromatic rings. The van der Waals surface area contributed by atoms with Crippen LogP contribution in [0.1, 0.15) is 16.7 Å². The molecule has 0 spiro atoms. The Balaban J connectivity index is 1.91. The second-order valence-electron chi connectivity index (χ2n) is 5.84. The Labute approximate surface area is 150 Å². The van der Waals surface area contributed by atoms with Crippen molar-refractivity contribution in [2.45, 2.75) is 5.75 Å². The van der Waals surface area contributed by atoms with Crippen molar-refractivity contribution in [3.63, 3.8) is 0 Å². The lowest BCUT2D eigenvalue weighted by Crippen LogP contribution is -2.36. The Morgan fingerprint density at radius 2 is 2.12 bits per heavy atom. The van der Waals surface area contributed by atoms with Crippen molar-refractivity contribution in [3.8, 4) is 0 Å². The van der Waals surface area contributed by atoms with E-state index in [0.717, 1.165) is 18.9 Å². The molecule has 25 heavy (non-hydrogen) atoms. The molecule has 0 aliphatic carbocycles. The number of hydrogen-bond acceptors (Lipinski definition) is 6. The summed E-state index contributed by atoms with van der Waals surface area (Å²) in [7, 11) is 0. The van der Waals surface area contributed by atoms with E-state index >= 15 is 0 Å². The molecule has 3 rings (SSSR count). The van der Waals surface area contributed by atoms with Crippen molar-refractivity contribution >= 4 is 29.0 Å². The number of nitrogens with two attached hydrogens (primary N) is 1. The number of morpholine rings is 1. The molecule has 1 aliphatic heterocycles. The Kier molecular flexibility index (Phi) is 5.55. The number of rotatable bonds is 5. The molecule has 0 unspecified atom stereocenters. The highest BCUT2D eigenvalue weighted by Gasteiger charge is 2.16. The van der Waals surface area contributed by atoms with Crippen LogP contribution in [0.3, 0.4) is 0 Å². The van der Waals surface area contributed by atoms with E-state index in [9.17, 15) is 4.39 Å². The number of benzene rings is 1. The zero-order chi connectivity index (χ0) is 17.8. The lowest BCUT2D eigenvalue weighted by atomic mass is 9.99. The van der Waals surface area contributed by atoms with Crippen molar-refractivity contribution in [2.24, 2.45) is 0 Å². The number of hydrogen-bond donors (Lipinski definition) is 2. The van der Waals surface area contributed by atoms with Crippen molar-refractivity contribution in [1.82, 2.24) is 4.98 Å². The molecule has 3 N–H and O–H groups in total. The van der Waals surface area contributed by atoms with E-state index in [0.29, 0.717) is 35.7 Å². The number of anilines is 2. The van der Waals surface area contributed by atoms with E-state index in [1.54, 1.807) is 18.3 Å². The van der Waals surface area contributed by atoms with Gasteiger partial charge in [-0.05, 0) is 36.1 Å². The number of nitrogens with one attached hydrogen (secondary N) is 1. The summed E-state index contributed by atoms with van der Waals surface area (Å²) in [5, 5.41) is 8.54. The molecular weight excluding hydrogens is 339 g/mol. The van der Waals surface area contributed by atoms with Crippen LogP contribution in [0.5, 0.6) is 0 Å². The van der Waals surface area contributed by atoms with Crippen LogP contribution in [0.2, 0.25) is 0 Å². The summed E-state index contributed by atoms with van der Waals surface area (Å²) in [6, 6.07) is 6.64. The predicted molar refractivity (Wildman–Crippen MR) is 101 cm³/mol. The Morgan fingerprint density at radius 3 is 2.84 bits per heavy atom. The first-order valence-electron chi connectivity index (χ1n) is 8.05. The fraction of sp³-hybridized carbons (Fsp3) is 0.333. The van der Waals surface area contributed by atoms with Gasteiger partial charge in [-0.2, -0.15) is 11.8 Å². The van der Waals surface area contributed by atoms with E-state index in [1.807, 2.05) is 12.3 Å². The number of nitrogens with zero attached hydrogens (tertiary/aromatic N) is 2. The van der Waals surface area contributed by atoms with Crippen LogP contribution in [0.4, 0.5) is 15.9 Å². The van der Waals surface area contributed by atoms with Gasteiger partial charge >= 0.3 is 0 Å². The van der Waals surface area contributed by atoms with E-state index in [1.165, 1.54) is 17.8 Å². The zero-order valence-electron chi connectivity index (χ0n) is 14.1. The molecule has 1 saturated heterocycles. The van der Waals surface area contributed by atoms with Gasteiger partial charge in [0.1, 0.15) is 11.6 Å². The lowest BCUT2D eigenvalue weighted by molar-refractivity contribution is 0.122. The largest absolute Gasteiger partial charge is 0.398 e. The third-order valence-corrected chi connectivity index (χ3v) is 4.76. The first-order valence-corrected chi connectivity index (χ1v) is 9.44. The number of halogens is 1. The number of nitrogen functional groups attached to an aromatic ring is 1. The van der Waals surface area contributed by atoms with Crippen LogP contribution in [-0.2, 0) is 10.5 Å². The summed E-state index contributed by atoms with van der Waals surface area (Å²) in [5.74, 6) is 1.03. The minimum absolute atomic E-state index is 0.275. The van der Waals surface area contributed by atoms with E-state index in [-0.39, 0.29) is 17.2 Å². The maximum atomic E-state index is 14.0. The minimum Gasteiger partial charge on any atom is -0.398 e. The van der Waals surface area contributed by atoms with E-state index < -0.39 is 0 Å². The topological polar surface area (TPSA) is 75.2 Å². The molecule has 7 heteroatoms.